The molecule has 0 bridgehead atoms. The first kappa shape index (κ1) is 14.5. The number of amides is 1. The first-order chi connectivity index (χ1) is 9.58. The first-order valence-electron chi connectivity index (χ1n) is 6.89. The van der Waals surface area contributed by atoms with Crippen LogP contribution in [0.15, 0.2) is 30.3 Å². The molecule has 0 saturated heterocycles. The van der Waals surface area contributed by atoms with E-state index in [4.69, 9.17) is 10.8 Å². The second kappa shape index (κ2) is 6.52. The van der Waals surface area contributed by atoms with Gasteiger partial charge in [0.05, 0.1) is 12.5 Å². The van der Waals surface area contributed by atoms with Gasteiger partial charge in [-0.05, 0) is 24.8 Å². The summed E-state index contributed by atoms with van der Waals surface area (Å²) in [6, 6.07) is 9.19. The van der Waals surface area contributed by atoms with Crippen LogP contribution in [0.2, 0.25) is 0 Å². The van der Waals surface area contributed by atoms with E-state index >= 15 is 0 Å². The lowest BCUT2D eigenvalue weighted by Gasteiger charge is -2.25. The zero-order valence-electron chi connectivity index (χ0n) is 11.4. The van der Waals surface area contributed by atoms with E-state index in [-0.39, 0.29) is 24.9 Å². The molecular formula is C15H20N2O3. The van der Waals surface area contributed by atoms with Crippen LogP contribution in [0.25, 0.3) is 0 Å². The van der Waals surface area contributed by atoms with Crippen molar-refractivity contribution in [3.63, 3.8) is 0 Å². The van der Waals surface area contributed by atoms with Crippen LogP contribution in [0.4, 0.5) is 0 Å². The lowest BCUT2D eigenvalue weighted by atomic mass is 10.1. The van der Waals surface area contributed by atoms with Crippen molar-refractivity contribution < 1.29 is 14.7 Å². The molecule has 0 heterocycles. The molecule has 1 aliphatic rings. The third-order valence-electron chi connectivity index (χ3n) is 3.45. The van der Waals surface area contributed by atoms with Crippen molar-refractivity contribution in [2.75, 3.05) is 6.54 Å². The lowest BCUT2D eigenvalue weighted by molar-refractivity contribution is -0.139. The molecule has 1 saturated carbocycles. The van der Waals surface area contributed by atoms with E-state index in [0.29, 0.717) is 6.42 Å². The van der Waals surface area contributed by atoms with Gasteiger partial charge in [0.15, 0.2) is 0 Å². The van der Waals surface area contributed by atoms with Crippen LogP contribution in [0.5, 0.6) is 0 Å². The van der Waals surface area contributed by atoms with Gasteiger partial charge in [-0.25, -0.2) is 0 Å². The SMILES string of the molecule is N[C@H](Cc1ccccc1)C(=O)N(CCC(=O)O)C1CC1. The average Bonchev–Trinajstić information content (AvgIpc) is 3.24. The molecule has 5 heteroatoms. The van der Waals surface area contributed by atoms with Crippen molar-refractivity contribution in [2.45, 2.75) is 37.8 Å². The zero-order chi connectivity index (χ0) is 14.5. The normalized spacial score (nSPS) is 15.7. The Morgan fingerprint density at radius 2 is 1.95 bits per heavy atom. The monoisotopic (exact) mass is 276 g/mol. The van der Waals surface area contributed by atoms with Gasteiger partial charge in [0.25, 0.3) is 0 Å². The first-order valence-corrected chi connectivity index (χ1v) is 6.89. The summed E-state index contributed by atoms with van der Waals surface area (Å²) in [5, 5.41) is 8.75. The molecule has 0 radical (unpaired) electrons. The number of carbonyl (C=O) groups excluding carboxylic acids is 1. The summed E-state index contributed by atoms with van der Waals surface area (Å²) in [5.41, 5.74) is 7.00. The van der Waals surface area contributed by atoms with Crippen molar-refractivity contribution in [2.24, 2.45) is 5.73 Å². The summed E-state index contributed by atoms with van der Waals surface area (Å²) in [5.74, 6) is -1.03. The molecule has 1 amide bonds. The van der Waals surface area contributed by atoms with Gasteiger partial charge in [0.2, 0.25) is 5.91 Å². The summed E-state index contributed by atoms with van der Waals surface area (Å²) < 4.78 is 0. The number of carboxylic acids is 1. The van der Waals surface area contributed by atoms with Crippen molar-refractivity contribution in [1.29, 1.82) is 0 Å². The molecule has 20 heavy (non-hydrogen) atoms. The fourth-order valence-electron chi connectivity index (χ4n) is 2.24. The van der Waals surface area contributed by atoms with Crippen LogP contribution < -0.4 is 5.73 Å². The predicted molar refractivity (Wildman–Crippen MR) is 75.1 cm³/mol. The van der Waals surface area contributed by atoms with E-state index in [2.05, 4.69) is 0 Å². The lowest BCUT2D eigenvalue weighted by Crippen LogP contribution is -2.46. The zero-order valence-corrected chi connectivity index (χ0v) is 11.4. The van der Waals surface area contributed by atoms with Gasteiger partial charge in [-0.2, -0.15) is 0 Å². The van der Waals surface area contributed by atoms with Crippen LogP contribution in [0.3, 0.4) is 0 Å². The van der Waals surface area contributed by atoms with E-state index in [0.717, 1.165) is 18.4 Å². The van der Waals surface area contributed by atoms with Crippen LogP contribution in [-0.4, -0.2) is 40.5 Å². The molecule has 1 fully saturated rings. The van der Waals surface area contributed by atoms with E-state index in [1.54, 1.807) is 4.90 Å². The fraction of sp³-hybridized carbons (Fsp3) is 0.467. The molecule has 1 aromatic carbocycles. The maximum absolute atomic E-state index is 12.3. The van der Waals surface area contributed by atoms with Crippen LogP contribution >= 0.6 is 0 Å². The number of carboxylic acid groups (broad SMARTS) is 1. The minimum Gasteiger partial charge on any atom is -0.481 e. The van der Waals surface area contributed by atoms with Gasteiger partial charge < -0.3 is 15.7 Å². The van der Waals surface area contributed by atoms with Gasteiger partial charge in [-0.1, -0.05) is 30.3 Å². The van der Waals surface area contributed by atoms with Crippen molar-refractivity contribution in [3.8, 4) is 0 Å². The number of rotatable bonds is 7. The number of hydrogen-bond donors (Lipinski definition) is 2. The van der Waals surface area contributed by atoms with E-state index in [1.165, 1.54) is 0 Å². The second-order valence-corrected chi connectivity index (χ2v) is 5.20. The number of nitrogens with zero attached hydrogens (tertiary/aromatic N) is 1. The van der Waals surface area contributed by atoms with E-state index in [1.807, 2.05) is 30.3 Å². The third-order valence-corrected chi connectivity index (χ3v) is 3.45. The third kappa shape index (κ3) is 4.06. The quantitative estimate of drug-likeness (QED) is 0.779. The highest BCUT2D eigenvalue weighted by atomic mass is 16.4. The highest BCUT2D eigenvalue weighted by Crippen LogP contribution is 2.27. The Morgan fingerprint density at radius 3 is 2.50 bits per heavy atom. The Kier molecular flexibility index (Phi) is 4.74. The molecule has 5 nitrogen and oxygen atoms in total. The summed E-state index contributed by atoms with van der Waals surface area (Å²) in [6.07, 6.45) is 2.35. The molecule has 0 spiro atoms. The molecule has 0 unspecified atom stereocenters. The van der Waals surface area contributed by atoms with Crippen molar-refractivity contribution in [1.82, 2.24) is 4.90 Å². The number of aliphatic carboxylic acids is 1. The molecule has 0 aromatic heterocycles. The highest BCUT2D eigenvalue weighted by molar-refractivity contribution is 5.83. The Morgan fingerprint density at radius 1 is 1.30 bits per heavy atom. The Hall–Kier alpha value is -1.88. The molecule has 1 aromatic rings. The van der Waals surface area contributed by atoms with Crippen LogP contribution in [0, 0.1) is 0 Å². The average molecular weight is 276 g/mol. The minimum absolute atomic E-state index is 0.0275. The predicted octanol–water partition coefficient (Wildman–Crippen LogP) is 1.02. The summed E-state index contributed by atoms with van der Waals surface area (Å²) in [7, 11) is 0. The number of nitrogens with two attached hydrogens (primary N) is 1. The summed E-state index contributed by atoms with van der Waals surface area (Å²) in [6.45, 7) is 0.251. The van der Waals surface area contributed by atoms with Crippen LogP contribution in [0.1, 0.15) is 24.8 Å². The molecule has 108 valence electrons. The second-order valence-electron chi connectivity index (χ2n) is 5.20. The number of carbonyl (C=O) groups is 2. The van der Waals surface area contributed by atoms with E-state index in [9.17, 15) is 9.59 Å². The molecule has 1 aliphatic carbocycles. The molecule has 1 atom stereocenters. The Labute approximate surface area is 118 Å². The molecular weight excluding hydrogens is 256 g/mol. The van der Waals surface area contributed by atoms with Gasteiger partial charge in [0, 0.05) is 12.6 Å². The van der Waals surface area contributed by atoms with Gasteiger partial charge in [0.1, 0.15) is 0 Å². The molecule has 0 aliphatic heterocycles. The smallest absolute Gasteiger partial charge is 0.305 e. The van der Waals surface area contributed by atoms with Gasteiger partial charge in [-0.15, -0.1) is 0 Å². The summed E-state index contributed by atoms with van der Waals surface area (Å²) >= 11 is 0. The van der Waals surface area contributed by atoms with Crippen molar-refractivity contribution in [3.05, 3.63) is 35.9 Å². The Balaban J connectivity index is 1.94. The Bertz CT molecular complexity index is 471. The molecule has 3 N–H and O–H groups in total. The van der Waals surface area contributed by atoms with Crippen LogP contribution in [-0.2, 0) is 16.0 Å². The van der Waals surface area contributed by atoms with E-state index < -0.39 is 12.0 Å². The number of benzene rings is 1. The highest BCUT2D eigenvalue weighted by Gasteiger charge is 2.34. The maximum Gasteiger partial charge on any atom is 0.305 e. The standard InChI is InChI=1S/C15H20N2O3/c16-13(10-11-4-2-1-3-5-11)15(20)17(12-6-7-12)9-8-14(18)19/h1-5,12-13H,6-10,16H2,(H,18,19)/t13-/m1/s1. The fourth-order valence-corrected chi connectivity index (χ4v) is 2.24. The van der Waals surface area contributed by atoms with Crippen molar-refractivity contribution >= 4 is 11.9 Å². The van der Waals surface area contributed by atoms with Gasteiger partial charge >= 0.3 is 5.97 Å². The largest absolute Gasteiger partial charge is 0.481 e. The topological polar surface area (TPSA) is 83.6 Å². The summed E-state index contributed by atoms with van der Waals surface area (Å²) in [4.78, 5) is 24.7. The van der Waals surface area contributed by atoms with Gasteiger partial charge in [-0.3, -0.25) is 9.59 Å². The number of hydrogen-bond acceptors (Lipinski definition) is 3. The maximum atomic E-state index is 12.3. The minimum atomic E-state index is -0.889. The molecule has 2 rings (SSSR count).